The summed E-state index contributed by atoms with van der Waals surface area (Å²) < 4.78 is 22.4. The summed E-state index contributed by atoms with van der Waals surface area (Å²) >= 11 is 0. The van der Waals surface area contributed by atoms with Crippen LogP contribution < -0.4 is 5.32 Å². The van der Waals surface area contributed by atoms with Gasteiger partial charge in [-0.2, -0.15) is 0 Å². The average molecular weight is 269 g/mol. The van der Waals surface area contributed by atoms with E-state index in [1.54, 1.807) is 0 Å². The normalized spacial score (nSPS) is 13.8. The van der Waals surface area contributed by atoms with Gasteiger partial charge in [0.15, 0.2) is 0 Å². The van der Waals surface area contributed by atoms with Gasteiger partial charge in [-0.15, -0.1) is 0 Å². The van der Waals surface area contributed by atoms with E-state index in [0.717, 1.165) is 5.56 Å². The average Bonchev–Trinajstić information content (AvgIpc) is 2.29. The van der Waals surface area contributed by atoms with Crippen LogP contribution in [0.1, 0.15) is 43.4 Å². The predicted molar refractivity (Wildman–Crippen MR) is 76.7 cm³/mol. The van der Waals surface area contributed by atoms with E-state index in [-0.39, 0.29) is 11.8 Å². The molecule has 1 aromatic rings. The highest BCUT2D eigenvalue weighted by Crippen LogP contribution is 2.21. The van der Waals surface area contributed by atoms with Gasteiger partial charge < -0.3 is 5.32 Å². The minimum absolute atomic E-state index is 0.0981. The number of benzene rings is 1. The van der Waals surface area contributed by atoms with Gasteiger partial charge in [0.25, 0.3) is 0 Å². The maximum absolute atomic E-state index is 11.2. The molecular weight excluding hydrogens is 246 g/mol. The first-order chi connectivity index (χ1) is 8.33. The molecule has 0 saturated heterocycles. The molecule has 0 fully saturated rings. The molecule has 0 aliphatic rings. The number of rotatable bonds is 6. The van der Waals surface area contributed by atoms with Crippen LogP contribution in [0.4, 0.5) is 0 Å². The summed E-state index contributed by atoms with van der Waals surface area (Å²) in [7, 11) is -1.03. The smallest absolute Gasteiger partial charge is 0.147 e. The SMILES string of the molecule is CNC(CCS(C)(=O)=O)c1ccc(C(C)C)cc1. The molecule has 1 rings (SSSR count). The summed E-state index contributed by atoms with van der Waals surface area (Å²) in [6, 6.07) is 8.49. The summed E-state index contributed by atoms with van der Waals surface area (Å²) in [5, 5.41) is 3.18. The van der Waals surface area contributed by atoms with Gasteiger partial charge in [0.1, 0.15) is 9.84 Å². The highest BCUT2D eigenvalue weighted by Gasteiger charge is 2.12. The Morgan fingerprint density at radius 2 is 1.61 bits per heavy atom. The Morgan fingerprint density at radius 3 is 2.00 bits per heavy atom. The van der Waals surface area contributed by atoms with Crippen molar-refractivity contribution in [3.05, 3.63) is 35.4 Å². The maximum Gasteiger partial charge on any atom is 0.147 e. The quantitative estimate of drug-likeness (QED) is 0.863. The van der Waals surface area contributed by atoms with Gasteiger partial charge in [-0.25, -0.2) is 8.42 Å². The zero-order valence-corrected chi connectivity index (χ0v) is 12.4. The Labute approximate surface area is 111 Å². The van der Waals surface area contributed by atoms with Crippen molar-refractivity contribution in [3.63, 3.8) is 0 Å². The molecule has 0 aromatic heterocycles. The van der Waals surface area contributed by atoms with Crippen molar-refractivity contribution >= 4 is 9.84 Å². The van der Waals surface area contributed by atoms with Crippen molar-refractivity contribution in [1.82, 2.24) is 5.32 Å². The fraction of sp³-hybridized carbons (Fsp3) is 0.571. The first-order valence-corrected chi connectivity index (χ1v) is 8.34. The van der Waals surface area contributed by atoms with E-state index in [1.807, 2.05) is 7.05 Å². The van der Waals surface area contributed by atoms with Crippen molar-refractivity contribution in [2.45, 2.75) is 32.2 Å². The third-order valence-corrected chi connectivity index (χ3v) is 4.11. The summed E-state index contributed by atoms with van der Waals surface area (Å²) in [5.74, 6) is 0.730. The highest BCUT2D eigenvalue weighted by atomic mass is 32.2. The topological polar surface area (TPSA) is 46.2 Å². The van der Waals surface area contributed by atoms with Crippen molar-refractivity contribution in [1.29, 1.82) is 0 Å². The third kappa shape index (κ3) is 4.78. The Morgan fingerprint density at radius 1 is 1.11 bits per heavy atom. The monoisotopic (exact) mass is 269 g/mol. The zero-order chi connectivity index (χ0) is 13.8. The molecule has 1 atom stereocenters. The summed E-state index contributed by atoms with van der Waals surface area (Å²) in [4.78, 5) is 0. The molecule has 4 heteroatoms. The van der Waals surface area contributed by atoms with Crippen LogP contribution in [0.15, 0.2) is 24.3 Å². The second kappa shape index (κ2) is 6.34. The zero-order valence-electron chi connectivity index (χ0n) is 11.6. The molecule has 102 valence electrons. The standard InChI is InChI=1S/C14H23NO2S/c1-11(2)12-5-7-13(8-6-12)14(15-3)9-10-18(4,16)17/h5-8,11,14-15H,9-10H2,1-4H3. The molecule has 0 radical (unpaired) electrons. The van der Waals surface area contributed by atoms with Gasteiger partial charge >= 0.3 is 0 Å². The van der Waals surface area contributed by atoms with E-state index in [1.165, 1.54) is 11.8 Å². The van der Waals surface area contributed by atoms with Crippen molar-refractivity contribution in [3.8, 4) is 0 Å². The van der Waals surface area contributed by atoms with Crippen molar-refractivity contribution < 1.29 is 8.42 Å². The van der Waals surface area contributed by atoms with Gasteiger partial charge in [0.2, 0.25) is 0 Å². The molecule has 0 amide bonds. The fourth-order valence-electron chi connectivity index (χ4n) is 1.92. The van der Waals surface area contributed by atoms with Crippen molar-refractivity contribution in [2.75, 3.05) is 19.1 Å². The summed E-state index contributed by atoms with van der Waals surface area (Å²) in [5.41, 5.74) is 2.45. The molecule has 1 aromatic carbocycles. The minimum atomic E-state index is -2.90. The number of nitrogens with one attached hydrogen (secondary N) is 1. The molecule has 0 spiro atoms. The Bertz CT molecular complexity index is 463. The lowest BCUT2D eigenvalue weighted by Gasteiger charge is -2.17. The van der Waals surface area contributed by atoms with Gasteiger partial charge in [-0.1, -0.05) is 38.1 Å². The Balaban J connectivity index is 2.76. The van der Waals surface area contributed by atoms with E-state index in [2.05, 4.69) is 43.4 Å². The lowest BCUT2D eigenvalue weighted by Crippen LogP contribution is -2.19. The molecule has 0 aliphatic carbocycles. The molecular formula is C14H23NO2S. The first-order valence-electron chi connectivity index (χ1n) is 6.28. The van der Waals surface area contributed by atoms with Gasteiger partial charge in [0, 0.05) is 12.3 Å². The number of hydrogen-bond acceptors (Lipinski definition) is 3. The van der Waals surface area contributed by atoms with E-state index in [0.29, 0.717) is 12.3 Å². The Hall–Kier alpha value is -0.870. The first kappa shape index (κ1) is 15.2. The van der Waals surface area contributed by atoms with Crippen LogP contribution in [0.25, 0.3) is 0 Å². The summed E-state index contributed by atoms with van der Waals surface area (Å²) in [6.07, 6.45) is 1.89. The molecule has 0 bridgehead atoms. The van der Waals surface area contributed by atoms with Crippen LogP contribution in [0.2, 0.25) is 0 Å². The molecule has 0 saturated carbocycles. The third-order valence-electron chi connectivity index (χ3n) is 3.13. The van der Waals surface area contributed by atoms with Crippen LogP contribution in [0, 0.1) is 0 Å². The second-order valence-electron chi connectivity index (χ2n) is 5.08. The van der Waals surface area contributed by atoms with Gasteiger partial charge in [0.05, 0.1) is 5.75 Å². The van der Waals surface area contributed by atoms with Gasteiger partial charge in [-0.05, 0) is 30.5 Å². The van der Waals surface area contributed by atoms with Crippen LogP contribution in [0.3, 0.4) is 0 Å². The van der Waals surface area contributed by atoms with Crippen LogP contribution in [0.5, 0.6) is 0 Å². The van der Waals surface area contributed by atoms with E-state index in [4.69, 9.17) is 0 Å². The summed E-state index contributed by atoms with van der Waals surface area (Å²) in [6.45, 7) is 4.32. The fourth-order valence-corrected chi connectivity index (χ4v) is 2.59. The van der Waals surface area contributed by atoms with Gasteiger partial charge in [-0.3, -0.25) is 0 Å². The highest BCUT2D eigenvalue weighted by molar-refractivity contribution is 7.90. The van der Waals surface area contributed by atoms with Crippen LogP contribution >= 0.6 is 0 Å². The maximum atomic E-state index is 11.2. The molecule has 0 aliphatic heterocycles. The van der Waals surface area contributed by atoms with E-state index < -0.39 is 9.84 Å². The molecule has 18 heavy (non-hydrogen) atoms. The number of sulfone groups is 1. The van der Waals surface area contributed by atoms with E-state index in [9.17, 15) is 8.42 Å². The Kier molecular flexibility index (Phi) is 5.35. The molecule has 1 N–H and O–H groups in total. The minimum Gasteiger partial charge on any atom is -0.313 e. The van der Waals surface area contributed by atoms with Crippen LogP contribution in [-0.4, -0.2) is 27.5 Å². The predicted octanol–water partition coefficient (Wildman–Crippen LogP) is 2.51. The number of hydrogen-bond donors (Lipinski definition) is 1. The second-order valence-corrected chi connectivity index (χ2v) is 7.34. The molecule has 0 heterocycles. The van der Waals surface area contributed by atoms with E-state index >= 15 is 0 Å². The molecule has 1 unspecified atom stereocenters. The van der Waals surface area contributed by atoms with Crippen LogP contribution in [-0.2, 0) is 9.84 Å². The largest absolute Gasteiger partial charge is 0.313 e. The lowest BCUT2D eigenvalue weighted by molar-refractivity contribution is 0.559. The lowest BCUT2D eigenvalue weighted by atomic mass is 9.98. The molecule has 3 nitrogen and oxygen atoms in total. The van der Waals surface area contributed by atoms with Crippen molar-refractivity contribution in [2.24, 2.45) is 0 Å².